The summed E-state index contributed by atoms with van der Waals surface area (Å²) in [7, 11) is 0. The second-order valence-corrected chi connectivity index (χ2v) is 4.47. The van der Waals surface area contributed by atoms with Crippen molar-refractivity contribution in [2.45, 2.75) is 25.8 Å². The van der Waals surface area contributed by atoms with Crippen LogP contribution in [0, 0.1) is 5.82 Å². The molecule has 1 amide bonds. The molecule has 1 unspecified atom stereocenters. The molecule has 102 valence electrons. The maximum Gasteiger partial charge on any atom is 0.267 e. The average molecular weight is 264 g/mol. The summed E-state index contributed by atoms with van der Waals surface area (Å²) >= 11 is 0. The van der Waals surface area contributed by atoms with Crippen LogP contribution in [-0.4, -0.2) is 28.6 Å². The number of H-pyrrole nitrogens is 1. The molecule has 0 aliphatic carbocycles. The Hall–Kier alpha value is -1.88. The lowest BCUT2D eigenvalue weighted by Gasteiger charge is -2.14. The second kappa shape index (κ2) is 5.84. The molecule has 2 aromatic rings. The zero-order valence-electron chi connectivity index (χ0n) is 10.7. The van der Waals surface area contributed by atoms with Gasteiger partial charge in [0.1, 0.15) is 11.5 Å². The number of aliphatic hydroxyl groups excluding tert-OH is 1. The molecule has 0 bridgehead atoms. The van der Waals surface area contributed by atoms with Crippen LogP contribution in [0.15, 0.2) is 24.3 Å². The maximum atomic E-state index is 13.5. The summed E-state index contributed by atoms with van der Waals surface area (Å²) in [5.41, 5.74) is 0.928. The van der Waals surface area contributed by atoms with Crippen LogP contribution < -0.4 is 5.32 Å². The van der Waals surface area contributed by atoms with E-state index in [1.807, 2.05) is 6.92 Å². The van der Waals surface area contributed by atoms with Crippen LogP contribution in [0.5, 0.6) is 0 Å². The molecule has 1 heterocycles. The van der Waals surface area contributed by atoms with E-state index in [2.05, 4.69) is 10.3 Å². The highest BCUT2D eigenvalue weighted by molar-refractivity contribution is 5.98. The Morgan fingerprint density at radius 2 is 2.32 bits per heavy atom. The third kappa shape index (κ3) is 2.93. The molecule has 0 aliphatic rings. The normalized spacial score (nSPS) is 12.6. The minimum absolute atomic E-state index is 0.0279. The van der Waals surface area contributed by atoms with E-state index in [0.29, 0.717) is 23.0 Å². The number of amides is 1. The summed E-state index contributed by atoms with van der Waals surface area (Å²) in [4.78, 5) is 14.9. The number of hydrogen-bond acceptors (Lipinski definition) is 2. The lowest BCUT2D eigenvalue weighted by atomic mass is 10.1. The van der Waals surface area contributed by atoms with Gasteiger partial charge < -0.3 is 15.4 Å². The summed E-state index contributed by atoms with van der Waals surface area (Å²) in [5, 5.41) is 12.1. The first kappa shape index (κ1) is 13.5. The van der Waals surface area contributed by atoms with Crippen LogP contribution in [0.1, 0.15) is 30.3 Å². The van der Waals surface area contributed by atoms with Gasteiger partial charge in [-0.15, -0.1) is 0 Å². The number of halogens is 1. The molecule has 0 saturated heterocycles. The van der Waals surface area contributed by atoms with Crippen molar-refractivity contribution in [2.75, 3.05) is 6.61 Å². The van der Waals surface area contributed by atoms with Gasteiger partial charge in [-0.05, 0) is 31.0 Å². The fourth-order valence-corrected chi connectivity index (χ4v) is 2.04. The minimum atomic E-state index is -0.352. The number of rotatable bonds is 5. The predicted octanol–water partition coefficient (Wildman–Crippen LogP) is 2.20. The lowest BCUT2D eigenvalue weighted by molar-refractivity contribution is 0.0925. The SMILES string of the molecule is CCC(CCO)NC(=O)c1cc2c(F)cccc2[nH]1. The van der Waals surface area contributed by atoms with Crippen molar-refractivity contribution < 1.29 is 14.3 Å². The summed E-state index contributed by atoms with van der Waals surface area (Å²) in [6.45, 7) is 1.96. The highest BCUT2D eigenvalue weighted by Gasteiger charge is 2.14. The van der Waals surface area contributed by atoms with E-state index in [-0.39, 0.29) is 24.4 Å². The fourth-order valence-electron chi connectivity index (χ4n) is 2.04. The third-order valence-corrected chi connectivity index (χ3v) is 3.16. The van der Waals surface area contributed by atoms with Gasteiger partial charge in [0, 0.05) is 23.6 Å². The Labute approximate surface area is 110 Å². The Morgan fingerprint density at radius 1 is 1.53 bits per heavy atom. The number of benzene rings is 1. The monoisotopic (exact) mass is 264 g/mol. The quantitative estimate of drug-likeness (QED) is 0.775. The Bertz CT molecular complexity index is 580. The van der Waals surface area contributed by atoms with Gasteiger partial charge in [0.25, 0.3) is 5.91 Å². The smallest absolute Gasteiger partial charge is 0.267 e. The highest BCUT2D eigenvalue weighted by Crippen LogP contribution is 2.18. The Kier molecular flexibility index (Phi) is 4.16. The molecule has 1 aromatic carbocycles. The predicted molar refractivity (Wildman–Crippen MR) is 71.5 cm³/mol. The first-order valence-corrected chi connectivity index (χ1v) is 6.34. The zero-order chi connectivity index (χ0) is 13.8. The van der Waals surface area contributed by atoms with Crippen molar-refractivity contribution in [3.63, 3.8) is 0 Å². The van der Waals surface area contributed by atoms with E-state index in [1.54, 1.807) is 12.1 Å². The van der Waals surface area contributed by atoms with Gasteiger partial charge >= 0.3 is 0 Å². The van der Waals surface area contributed by atoms with E-state index < -0.39 is 0 Å². The first-order valence-electron chi connectivity index (χ1n) is 6.34. The molecular weight excluding hydrogens is 247 g/mol. The fraction of sp³-hybridized carbons (Fsp3) is 0.357. The molecule has 0 radical (unpaired) electrons. The van der Waals surface area contributed by atoms with Crippen molar-refractivity contribution >= 4 is 16.8 Å². The number of carbonyl (C=O) groups excluding carboxylic acids is 1. The molecular formula is C14H17FN2O2. The largest absolute Gasteiger partial charge is 0.396 e. The number of aromatic amines is 1. The summed E-state index contributed by atoms with van der Waals surface area (Å²) < 4.78 is 13.5. The van der Waals surface area contributed by atoms with E-state index in [9.17, 15) is 9.18 Å². The number of aromatic nitrogens is 1. The van der Waals surface area contributed by atoms with Crippen molar-refractivity contribution in [3.8, 4) is 0 Å². The number of hydrogen-bond donors (Lipinski definition) is 3. The highest BCUT2D eigenvalue weighted by atomic mass is 19.1. The molecule has 0 spiro atoms. The zero-order valence-corrected chi connectivity index (χ0v) is 10.7. The maximum absolute atomic E-state index is 13.5. The van der Waals surface area contributed by atoms with Crippen molar-refractivity contribution in [1.29, 1.82) is 0 Å². The van der Waals surface area contributed by atoms with Gasteiger partial charge in [0.2, 0.25) is 0 Å². The van der Waals surface area contributed by atoms with Gasteiger partial charge in [-0.2, -0.15) is 0 Å². The molecule has 2 rings (SSSR count). The van der Waals surface area contributed by atoms with Crippen molar-refractivity contribution in [3.05, 3.63) is 35.8 Å². The molecule has 4 nitrogen and oxygen atoms in total. The number of carbonyl (C=O) groups is 1. The molecule has 0 aliphatic heterocycles. The molecule has 0 fully saturated rings. The van der Waals surface area contributed by atoms with Crippen LogP contribution in [0.4, 0.5) is 4.39 Å². The first-order chi connectivity index (χ1) is 9.15. The molecule has 1 atom stereocenters. The van der Waals surface area contributed by atoms with E-state index in [1.165, 1.54) is 12.1 Å². The molecule has 19 heavy (non-hydrogen) atoms. The standard InChI is InChI=1S/C14H17FN2O2/c1-2-9(6-7-18)16-14(19)13-8-10-11(15)4-3-5-12(10)17-13/h3-5,8-9,17-18H,2,6-7H2,1H3,(H,16,19). The average Bonchev–Trinajstić information content (AvgIpc) is 2.83. The number of nitrogens with one attached hydrogen (secondary N) is 2. The Balaban J connectivity index is 2.19. The van der Waals surface area contributed by atoms with E-state index in [0.717, 1.165) is 6.42 Å². The van der Waals surface area contributed by atoms with Crippen LogP contribution in [0.2, 0.25) is 0 Å². The van der Waals surface area contributed by atoms with Gasteiger partial charge in [-0.3, -0.25) is 4.79 Å². The van der Waals surface area contributed by atoms with Crippen LogP contribution in [0.3, 0.4) is 0 Å². The molecule has 1 aromatic heterocycles. The lowest BCUT2D eigenvalue weighted by Crippen LogP contribution is -2.35. The van der Waals surface area contributed by atoms with Crippen LogP contribution in [-0.2, 0) is 0 Å². The van der Waals surface area contributed by atoms with E-state index in [4.69, 9.17) is 5.11 Å². The number of aliphatic hydroxyl groups is 1. The van der Waals surface area contributed by atoms with Crippen molar-refractivity contribution in [1.82, 2.24) is 10.3 Å². The van der Waals surface area contributed by atoms with Gasteiger partial charge in [-0.1, -0.05) is 13.0 Å². The van der Waals surface area contributed by atoms with E-state index >= 15 is 0 Å². The Morgan fingerprint density at radius 3 is 2.95 bits per heavy atom. The molecule has 0 saturated carbocycles. The minimum Gasteiger partial charge on any atom is -0.396 e. The van der Waals surface area contributed by atoms with Gasteiger partial charge in [0.05, 0.1) is 0 Å². The van der Waals surface area contributed by atoms with Gasteiger partial charge in [-0.25, -0.2) is 4.39 Å². The van der Waals surface area contributed by atoms with Gasteiger partial charge in [0.15, 0.2) is 0 Å². The number of fused-ring (bicyclic) bond motifs is 1. The summed E-state index contributed by atoms with van der Waals surface area (Å²) in [6.07, 6.45) is 1.25. The molecule has 5 heteroatoms. The summed E-state index contributed by atoms with van der Waals surface area (Å²) in [6, 6.07) is 6.11. The second-order valence-electron chi connectivity index (χ2n) is 4.47. The topological polar surface area (TPSA) is 65.1 Å². The van der Waals surface area contributed by atoms with Crippen molar-refractivity contribution in [2.24, 2.45) is 0 Å². The third-order valence-electron chi connectivity index (χ3n) is 3.16. The van der Waals surface area contributed by atoms with Crippen LogP contribution >= 0.6 is 0 Å². The summed E-state index contributed by atoms with van der Waals surface area (Å²) in [5.74, 6) is -0.633. The van der Waals surface area contributed by atoms with Crippen LogP contribution in [0.25, 0.3) is 10.9 Å². The molecule has 3 N–H and O–H groups in total.